The molecular weight excluding hydrogens is 206 g/mol. The van der Waals surface area contributed by atoms with Crippen molar-refractivity contribution in [2.24, 2.45) is 5.92 Å². The predicted octanol–water partition coefficient (Wildman–Crippen LogP) is 2.22. The molecule has 2 atom stereocenters. The van der Waals surface area contributed by atoms with Crippen molar-refractivity contribution in [1.82, 2.24) is 4.90 Å². The van der Waals surface area contributed by atoms with Gasteiger partial charge in [0.05, 0.1) is 0 Å². The minimum Gasteiger partial charge on any atom is -0.444 e. The van der Waals surface area contributed by atoms with Crippen molar-refractivity contribution in [2.75, 3.05) is 6.54 Å². The number of ether oxygens (including phenoxy) is 1. The Morgan fingerprint density at radius 1 is 1.38 bits per heavy atom. The normalized spacial score (nSPS) is 26.8. The van der Waals surface area contributed by atoms with Crippen molar-refractivity contribution in [3.63, 3.8) is 0 Å². The van der Waals surface area contributed by atoms with Gasteiger partial charge in [-0.25, -0.2) is 4.79 Å². The number of carbonyl (C=O) groups is 2. The van der Waals surface area contributed by atoms with E-state index in [4.69, 9.17) is 4.74 Å². The molecule has 92 valence electrons. The van der Waals surface area contributed by atoms with Gasteiger partial charge in [-0.05, 0) is 27.7 Å². The number of Topliss-reactive ketones (excluding diaryl/α,β-unsaturated/α-hetero) is 1. The van der Waals surface area contributed by atoms with E-state index in [0.717, 1.165) is 0 Å². The maximum absolute atomic E-state index is 11.9. The van der Waals surface area contributed by atoms with Gasteiger partial charge < -0.3 is 9.64 Å². The summed E-state index contributed by atoms with van der Waals surface area (Å²) in [5.74, 6) is 0.133. The number of amides is 1. The van der Waals surface area contributed by atoms with Crippen molar-refractivity contribution in [1.29, 1.82) is 0 Å². The van der Waals surface area contributed by atoms with Gasteiger partial charge in [0, 0.05) is 24.9 Å². The van der Waals surface area contributed by atoms with Gasteiger partial charge in [-0.2, -0.15) is 0 Å². The zero-order valence-corrected chi connectivity index (χ0v) is 10.7. The first-order valence-electron chi connectivity index (χ1n) is 5.74. The third-order valence-electron chi connectivity index (χ3n) is 2.95. The standard InChI is InChI=1S/C12H21NO3/c1-8-9(2)13(7-6-10(8)14)11(15)16-12(3,4)5/h8-9H,6-7H2,1-5H3/t8-,9-/m1/s1. The molecule has 1 rings (SSSR count). The first kappa shape index (κ1) is 13.0. The smallest absolute Gasteiger partial charge is 0.410 e. The van der Waals surface area contributed by atoms with E-state index in [-0.39, 0.29) is 23.8 Å². The number of ketones is 1. The summed E-state index contributed by atoms with van der Waals surface area (Å²) < 4.78 is 5.31. The molecule has 0 bridgehead atoms. The van der Waals surface area contributed by atoms with Crippen LogP contribution in [0.25, 0.3) is 0 Å². The van der Waals surface area contributed by atoms with Crippen LogP contribution >= 0.6 is 0 Å². The van der Waals surface area contributed by atoms with Crippen molar-refractivity contribution >= 4 is 11.9 Å². The zero-order valence-electron chi connectivity index (χ0n) is 10.7. The van der Waals surface area contributed by atoms with Gasteiger partial charge in [0.25, 0.3) is 0 Å². The Morgan fingerprint density at radius 3 is 2.44 bits per heavy atom. The summed E-state index contributed by atoms with van der Waals surface area (Å²) >= 11 is 0. The van der Waals surface area contributed by atoms with E-state index in [0.29, 0.717) is 13.0 Å². The monoisotopic (exact) mass is 227 g/mol. The lowest BCUT2D eigenvalue weighted by molar-refractivity contribution is -0.127. The minimum atomic E-state index is -0.485. The predicted molar refractivity (Wildman–Crippen MR) is 61.2 cm³/mol. The van der Waals surface area contributed by atoms with Crippen LogP contribution in [0.15, 0.2) is 0 Å². The average molecular weight is 227 g/mol. The molecule has 0 radical (unpaired) electrons. The molecule has 16 heavy (non-hydrogen) atoms. The SMILES string of the molecule is C[C@@H]1[C@@H](C)C(=O)CCN1C(=O)OC(C)(C)C. The fraction of sp³-hybridized carbons (Fsp3) is 0.833. The third-order valence-corrected chi connectivity index (χ3v) is 2.95. The van der Waals surface area contributed by atoms with Gasteiger partial charge in [0.2, 0.25) is 0 Å². The summed E-state index contributed by atoms with van der Waals surface area (Å²) in [6, 6.07) is -0.0731. The van der Waals surface area contributed by atoms with Gasteiger partial charge in [0.15, 0.2) is 0 Å². The highest BCUT2D eigenvalue weighted by Crippen LogP contribution is 2.22. The van der Waals surface area contributed by atoms with Crippen molar-refractivity contribution in [3.05, 3.63) is 0 Å². The minimum absolute atomic E-state index is 0.0731. The molecule has 0 aromatic carbocycles. The van der Waals surface area contributed by atoms with Crippen molar-refractivity contribution < 1.29 is 14.3 Å². The lowest BCUT2D eigenvalue weighted by Gasteiger charge is -2.37. The molecule has 1 saturated heterocycles. The molecule has 1 aliphatic heterocycles. The molecule has 1 amide bonds. The Balaban J connectivity index is 2.67. The van der Waals surface area contributed by atoms with E-state index in [2.05, 4.69) is 0 Å². The van der Waals surface area contributed by atoms with Crippen LogP contribution in [0.2, 0.25) is 0 Å². The highest BCUT2D eigenvalue weighted by molar-refractivity contribution is 5.84. The van der Waals surface area contributed by atoms with Crippen LogP contribution < -0.4 is 0 Å². The quantitative estimate of drug-likeness (QED) is 0.637. The highest BCUT2D eigenvalue weighted by Gasteiger charge is 2.35. The molecule has 0 unspecified atom stereocenters. The van der Waals surface area contributed by atoms with Crippen LogP contribution in [0.1, 0.15) is 41.0 Å². The number of nitrogens with zero attached hydrogens (tertiary/aromatic N) is 1. The lowest BCUT2D eigenvalue weighted by atomic mass is 9.91. The van der Waals surface area contributed by atoms with Crippen LogP contribution in [-0.2, 0) is 9.53 Å². The maximum Gasteiger partial charge on any atom is 0.410 e. The molecule has 0 aliphatic carbocycles. The third kappa shape index (κ3) is 2.97. The molecule has 4 heteroatoms. The van der Waals surface area contributed by atoms with E-state index < -0.39 is 5.60 Å². The Hall–Kier alpha value is -1.06. The van der Waals surface area contributed by atoms with E-state index in [1.165, 1.54) is 0 Å². The molecule has 0 aromatic rings. The molecule has 0 saturated carbocycles. The van der Waals surface area contributed by atoms with E-state index in [9.17, 15) is 9.59 Å². The van der Waals surface area contributed by atoms with Crippen LogP contribution in [0.5, 0.6) is 0 Å². The van der Waals surface area contributed by atoms with E-state index in [1.54, 1.807) is 4.90 Å². The number of piperidine rings is 1. The number of hydrogen-bond donors (Lipinski definition) is 0. The highest BCUT2D eigenvalue weighted by atomic mass is 16.6. The Morgan fingerprint density at radius 2 is 1.94 bits per heavy atom. The van der Waals surface area contributed by atoms with E-state index in [1.807, 2.05) is 34.6 Å². The summed E-state index contributed by atoms with van der Waals surface area (Å²) in [5, 5.41) is 0. The van der Waals surface area contributed by atoms with Gasteiger partial charge in [-0.3, -0.25) is 4.79 Å². The summed E-state index contributed by atoms with van der Waals surface area (Å²) in [5.41, 5.74) is -0.485. The molecule has 1 aliphatic rings. The molecule has 0 aromatic heterocycles. The fourth-order valence-corrected chi connectivity index (χ4v) is 1.78. The first-order valence-corrected chi connectivity index (χ1v) is 5.74. The maximum atomic E-state index is 11.9. The lowest BCUT2D eigenvalue weighted by Crippen LogP contribution is -2.51. The van der Waals surface area contributed by atoms with Crippen LogP contribution in [-0.4, -0.2) is 35.0 Å². The van der Waals surface area contributed by atoms with Crippen LogP contribution in [0, 0.1) is 5.92 Å². The summed E-state index contributed by atoms with van der Waals surface area (Å²) in [6.45, 7) is 9.75. The average Bonchev–Trinajstić information content (AvgIpc) is 2.11. The summed E-state index contributed by atoms with van der Waals surface area (Å²) in [4.78, 5) is 25.0. The summed E-state index contributed by atoms with van der Waals surface area (Å²) in [7, 11) is 0. The van der Waals surface area contributed by atoms with E-state index >= 15 is 0 Å². The van der Waals surface area contributed by atoms with Gasteiger partial charge in [0.1, 0.15) is 11.4 Å². The van der Waals surface area contributed by atoms with Crippen molar-refractivity contribution in [2.45, 2.75) is 52.7 Å². The molecule has 4 nitrogen and oxygen atoms in total. The van der Waals surface area contributed by atoms with Crippen molar-refractivity contribution in [3.8, 4) is 0 Å². The molecular formula is C12H21NO3. The Kier molecular flexibility index (Phi) is 3.61. The largest absolute Gasteiger partial charge is 0.444 e. The van der Waals surface area contributed by atoms with Gasteiger partial charge >= 0.3 is 6.09 Å². The second kappa shape index (κ2) is 4.44. The summed E-state index contributed by atoms with van der Waals surface area (Å²) in [6.07, 6.45) is 0.115. The molecule has 1 fully saturated rings. The van der Waals surface area contributed by atoms with Crippen LogP contribution in [0.3, 0.4) is 0 Å². The number of hydrogen-bond acceptors (Lipinski definition) is 3. The number of rotatable bonds is 0. The fourth-order valence-electron chi connectivity index (χ4n) is 1.78. The topological polar surface area (TPSA) is 46.6 Å². The molecule has 1 heterocycles. The van der Waals surface area contributed by atoms with Crippen LogP contribution in [0.4, 0.5) is 4.79 Å². The Bertz CT molecular complexity index is 293. The molecule has 0 N–H and O–H groups in total. The second-order valence-electron chi connectivity index (χ2n) is 5.42. The molecule has 0 spiro atoms. The zero-order chi connectivity index (χ0) is 12.5. The number of carbonyl (C=O) groups excluding carboxylic acids is 2. The van der Waals surface area contributed by atoms with Gasteiger partial charge in [-0.15, -0.1) is 0 Å². The first-order chi connectivity index (χ1) is 7.22. The van der Waals surface area contributed by atoms with Gasteiger partial charge in [-0.1, -0.05) is 6.92 Å². The Labute approximate surface area is 96.9 Å². The number of likely N-dealkylation sites (tertiary alicyclic amines) is 1. The second-order valence-corrected chi connectivity index (χ2v) is 5.42.